The number of hydrogen-bond donors (Lipinski definition) is 1. The molecule has 0 fully saturated rings. The lowest BCUT2D eigenvalue weighted by molar-refractivity contribution is -0.116. The van der Waals surface area contributed by atoms with Crippen molar-refractivity contribution in [2.24, 2.45) is 0 Å². The molecule has 2 aromatic carbocycles. The summed E-state index contributed by atoms with van der Waals surface area (Å²) in [6.45, 7) is 0. The Morgan fingerprint density at radius 3 is 2.39 bits per heavy atom. The lowest BCUT2D eigenvalue weighted by atomic mass is 9.84. The number of ether oxygens (including phenoxy) is 2. The molecule has 1 aliphatic heterocycles. The molecule has 23 heavy (non-hydrogen) atoms. The fraction of sp³-hybridized carbons (Fsp3) is 0.235. The Hall–Kier alpha value is -1.91. The number of rotatable bonds is 3. The number of carbonyl (C=O) groups excluding carboxylic acids is 1. The average molecular weight is 352 g/mol. The molecule has 1 atom stereocenters. The van der Waals surface area contributed by atoms with Crippen LogP contribution in [0.25, 0.3) is 0 Å². The number of benzene rings is 2. The van der Waals surface area contributed by atoms with Crippen molar-refractivity contribution in [3.63, 3.8) is 0 Å². The lowest BCUT2D eigenvalue weighted by Crippen LogP contribution is -2.23. The van der Waals surface area contributed by atoms with Gasteiger partial charge in [-0.15, -0.1) is 0 Å². The first-order chi connectivity index (χ1) is 11.0. The zero-order valence-electron chi connectivity index (χ0n) is 12.7. The van der Waals surface area contributed by atoms with Crippen LogP contribution in [-0.4, -0.2) is 20.1 Å². The Morgan fingerprint density at radius 2 is 1.74 bits per heavy atom. The molecule has 2 aromatic rings. The Balaban J connectivity index is 2.16. The highest BCUT2D eigenvalue weighted by molar-refractivity contribution is 6.35. The van der Waals surface area contributed by atoms with Crippen molar-refractivity contribution in [3.05, 3.63) is 51.5 Å². The molecule has 0 unspecified atom stereocenters. The van der Waals surface area contributed by atoms with Gasteiger partial charge in [-0.05, 0) is 29.3 Å². The van der Waals surface area contributed by atoms with Crippen LogP contribution in [0.15, 0.2) is 30.3 Å². The lowest BCUT2D eigenvalue weighted by Gasteiger charge is -2.28. The van der Waals surface area contributed by atoms with Gasteiger partial charge in [-0.1, -0.05) is 29.3 Å². The zero-order valence-corrected chi connectivity index (χ0v) is 14.2. The predicted octanol–water partition coefficient (Wildman–Crippen LogP) is 4.48. The minimum Gasteiger partial charge on any atom is -0.493 e. The van der Waals surface area contributed by atoms with Gasteiger partial charge in [0.25, 0.3) is 0 Å². The van der Waals surface area contributed by atoms with E-state index in [1.807, 2.05) is 12.1 Å². The summed E-state index contributed by atoms with van der Waals surface area (Å²) >= 11 is 12.3. The van der Waals surface area contributed by atoms with E-state index in [0.29, 0.717) is 33.7 Å². The second-order valence-corrected chi connectivity index (χ2v) is 6.11. The molecule has 120 valence electrons. The molecule has 0 radical (unpaired) electrons. The molecule has 4 nitrogen and oxygen atoms in total. The summed E-state index contributed by atoms with van der Waals surface area (Å²) in [5.74, 6) is 0.941. The van der Waals surface area contributed by atoms with Gasteiger partial charge in [0.15, 0.2) is 11.5 Å². The Labute approximate surface area is 144 Å². The average Bonchev–Trinajstić information content (AvgIpc) is 2.53. The van der Waals surface area contributed by atoms with Crippen molar-refractivity contribution >= 4 is 34.8 Å². The Morgan fingerprint density at radius 1 is 1.04 bits per heavy atom. The normalized spacial score (nSPS) is 16.5. The van der Waals surface area contributed by atoms with Crippen molar-refractivity contribution in [3.8, 4) is 11.5 Å². The smallest absolute Gasteiger partial charge is 0.225 e. The van der Waals surface area contributed by atoms with Crippen LogP contribution in [0.1, 0.15) is 23.5 Å². The number of methoxy groups -OCH3 is 2. The number of nitrogens with one attached hydrogen (secondary N) is 1. The van der Waals surface area contributed by atoms with Gasteiger partial charge in [0.1, 0.15) is 0 Å². The van der Waals surface area contributed by atoms with Crippen molar-refractivity contribution < 1.29 is 14.3 Å². The van der Waals surface area contributed by atoms with Gasteiger partial charge in [0.2, 0.25) is 5.91 Å². The topological polar surface area (TPSA) is 47.6 Å². The van der Waals surface area contributed by atoms with Crippen LogP contribution in [0.3, 0.4) is 0 Å². The molecule has 0 aliphatic carbocycles. The summed E-state index contributed by atoms with van der Waals surface area (Å²) in [4.78, 5) is 12.1. The molecule has 6 heteroatoms. The Bertz CT molecular complexity index is 777. The maximum Gasteiger partial charge on any atom is 0.225 e. The largest absolute Gasteiger partial charge is 0.493 e. The van der Waals surface area contributed by atoms with Crippen LogP contribution >= 0.6 is 23.2 Å². The number of anilines is 1. The van der Waals surface area contributed by atoms with E-state index in [2.05, 4.69) is 5.32 Å². The quantitative estimate of drug-likeness (QED) is 0.886. The monoisotopic (exact) mass is 351 g/mol. The van der Waals surface area contributed by atoms with E-state index in [1.165, 1.54) is 0 Å². The third-order valence-electron chi connectivity index (χ3n) is 3.93. The van der Waals surface area contributed by atoms with Gasteiger partial charge in [0.05, 0.1) is 14.2 Å². The number of hydrogen-bond acceptors (Lipinski definition) is 3. The van der Waals surface area contributed by atoms with Gasteiger partial charge >= 0.3 is 0 Å². The molecular weight excluding hydrogens is 337 g/mol. The first-order valence-electron chi connectivity index (χ1n) is 7.04. The highest BCUT2D eigenvalue weighted by atomic mass is 35.5. The maximum absolute atomic E-state index is 12.1. The minimum absolute atomic E-state index is 0.0688. The van der Waals surface area contributed by atoms with Crippen LogP contribution < -0.4 is 14.8 Å². The molecular formula is C17H15Cl2NO3. The molecule has 1 heterocycles. The third-order valence-corrected chi connectivity index (χ3v) is 4.50. The van der Waals surface area contributed by atoms with E-state index < -0.39 is 0 Å². The molecule has 0 spiro atoms. The van der Waals surface area contributed by atoms with Crippen LogP contribution in [0.2, 0.25) is 10.0 Å². The summed E-state index contributed by atoms with van der Waals surface area (Å²) in [5, 5.41) is 3.97. The van der Waals surface area contributed by atoms with Gasteiger partial charge in [-0.25, -0.2) is 0 Å². The molecule has 3 rings (SSSR count). The molecule has 0 saturated heterocycles. The second-order valence-electron chi connectivity index (χ2n) is 5.27. The standard InChI is InChI=1S/C17H15Cl2NO3/c1-22-15-6-12-11(10-4-3-9(18)5-13(10)19)7-17(21)20-14(12)8-16(15)23-2/h3-6,8,11H,7H2,1-2H3,(H,20,21)/t11-/m0/s1. The number of amides is 1. The molecule has 1 N–H and O–H groups in total. The van der Waals surface area contributed by atoms with Gasteiger partial charge < -0.3 is 14.8 Å². The van der Waals surface area contributed by atoms with Crippen molar-refractivity contribution in [1.29, 1.82) is 0 Å². The van der Waals surface area contributed by atoms with Crippen molar-refractivity contribution in [1.82, 2.24) is 0 Å². The van der Waals surface area contributed by atoms with E-state index in [-0.39, 0.29) is 11.8 Å². The van der Waals surface area contributed by atoms with E-state index in [0.717, 1.165) is 11.1 Å². The van der Waals surface area contributed by atoms with Crippen LogP contribution in [0, 0.1) is 0 Å². The highest BCUT2D eigenvalue weighted by Gasteiger charge is 2.29. The Kier molecular flexibility index (Phi) is 4.37. The first kappa shape index (κ1) is 16.0. The van der Waals surface area contributed by atoms with Gasteiger partial charge in [0, 0.05) is 34.1 Å². The van der Waals surface area contributed by atoms with E-state index in [9.17, 15) is 4.79 Å². The number of carbonyl (C=O) groups is 1. The van der Waals surface area contributed by atoms with Crippen molar-refractivity contribution in [2.75, 3.05) is 19.5 Å². The van der Waals surface area contributed by atoms with Gasteiger partial charge in [-0.2, -0.15) is 0 Å². The van der Waals surface area contributed by atoms with Crippen LogP contribution in [0.4, 0.5) is 5.69 Å². The highest BCUT2D eigenvalue weighted by Crippen LogP contribution is 2.44. The summed E-state index contributed by atoms with van der Waals surface area (Å²) < 4.78 is 10.7. The van der Waals surface area contributed by atoms with Crippen LogP contribution in [0.5, 0.6) is 11.5 Å². The number of halogens is 2. The van der Waals surface area contributed by atoms with Crippen molar-refractivity contribution in [2.45, 2.75) is 12.3 Å². The summed E-state index contributed by atoms with van der Waals surface area (Å²) in [5.41, 5.74) is 2.50. The first-order valence-corrected chi connectivity index (χ1v) is 7.79. The second kappa shape index (κ2) is 6.30. The van der Waals surface area contributed by atoms with E-state index in [1.54, 1.807) is 32.4 Å². The molecule has 1 amide bonds. The fourth-order valence-electron chi connectivity index (χ4n) is 2.85. The number of fused-ring (bicyclic) bond motifs is 1. The van der Waals surface area contributed by atoms with E-state index in [4.69, 9.17) is 32.7 Å². The molecule has 1 aliphatic rings. The third kappa shape index (κ3) is 2.96. The SMILES string of the molecule is COc1cc2c(cc1OC)[C@H](c1ccc(Cl)cc1Cl)CC(=O)N2. The molecule has 0 aromatic heterocycles. The minimum atomic E-state index is -0.164. The van der Waals surface area contributed by atoms with Gasteiger partial charge in [-0.3, -0.25) is 4.79 Å². The zero-order chi connectivity index (χ0) is 16.6. The van der Waals surface area contributed by atoms with Crippen LogP contribution in [-0.2, 0) is 4.79 Å². The van der Waals surface area contributed by atoms with E-state index >= 15 is 0 Å². The molecule has 0 bridgehead atoms. The summed E-state index contributed by atoms with van der Waals surface area (Å²) in [7, 11) is 3.14. The maximum atomic E-state index is 12.1. The summed E-state index contributed by atoms with van der Waals surface area (Å²) in [6, 6.07) is 8.96. The predicted molar refractivity (Wildman–Crippen MR) is 91.1 cm³/mol. The molecule has 0 saturated carbocycles. The fourth-order valence-corrected chi connectivity index (χ4v) is 3.39. The summed E-state index contributed by atoms with van der Waals surface area (Å²) in [6.07, 6.45) is 0.309.